The van der Waals surface area contributed by atoms with E-state index in [1.54, 1.807) is 6.26 Å². The van der Waals surface area contributed by atoms with E-state index in [2.05, 4.69) is 34.7 Å². The lowest BCUT2D eigenvalue weighted by Gasteiger charge is -2.28. The van der Waals surface area contributed by atoms with Gasteiger partial charge in [0.25, 0.3) is 0 Å². The largest absolute Gasteiger partial charge is 0.493 e. The minimum absolute atomic E-state index is 0. The second kappa shape index (κ2) is 10.3. The summed E-state index contributed by atoms with van der Waals surface area (Å²) in [6.07, 6.45) is 4.50. The maximum Gasteiger partial charge on any atom is 0.191 e. The number of guanidine groups is 1. The summed E-state index contributed by atoms with van der Waals surface area (Å²) in [6, 6.07) is 12.3. The quantitative estimate of drug-likeness (QED) is 0.394. The molecule has 0 bridgehead atoms. The number of benzene rings is 1. The number of hydrogen-bond acceptors (Lipinski definition) is 3. The van der Waals surface area contributed by atoms with E-state index >= 15 is 0 Å². The number of halogens is 1. The van der Waals surface area contributed by atoms with Crippen LogP contribution in [0.25, 0.3) is 0 Å². The predicted molar refractivity (Wildman–Crippen MR) is 111 cm³/mol. The van der Waals surface area contributed by atoms with Gasteiger partial charge in [-0.2, -0.15) is 0 Å². The van der Waals surface area contributed by atoms with Crippen molar-refractivity contribution >= 4 is 29.9 Å². The Morgan fingerprint density at radius 3 is 2.92 bits per heavy atom. The molecule has 1 aromatic heterocycles. The number of rotatable bonds is 6. The summed E-state index contributed by atoms with van der Waals surface area (Å²) in [6.45, 7) is 4.45. The van der Waals surface area contributed by atoms with Gasteiger partial charge in [-0.1, -0.05) is 25.1 Å². The summed E-state index contributed by atoms with van der Waals surface area (Å²) in [7, 11) is 0. The fourth-order valence-corrected chi connectivity index (χ4v) is 2.79. The van der Waals surface area contributed by atoms with E-state index in [0.717, 1.165) is 56.4 Å². The highest BCUT2D eigenvalue weighted by Gasteiger charge is 2.21. The first kappa shape index (κ1) is 19.6. The summed E-state index contributed by atoms with van der Waals surface area (Å²) < 4.78 is 11.1. The third-order valence-corrected chi connectivity index (χ3v) is 4.01. The molecule has 0 radical (unpaired) electrons. The normalized spacial score (nSPS) is 16.4. The fraction of sp³-hybridized carbons (Fsp3) is 0.421. The molecule has 1 unspecified atom stereocenters. The van der Waals surface area contributed by atoms with Crippen LogP contribution in [0.3, 0.4) is 0 Å². The highest BCUT2D eigenvalue weighted by molar-refractivity contribution is 14.0. The number of nitrogens with one attached hydrogen (secondary N) is 2. The number of aliphatic imine (C=N–C) groups is 1. The van der Waals surface area contributed by atoms with Crippen LogP contribution in [0.1, 0.15) is 37.1 Å². The molecule has 0 saturated heterocycles. The first-order valence-corrected chi connectivity index (χ1v) is 8.65. The van der Waals surface area contributed by atoms with Crippen LogP contribution in [0.5, 0.6) is 5.75 Å². The first-order chi connectivity index (χ1) is 11.9. The van der Waals surface area contributed by atoms with Crippen molar-refractivity contribution in [2.45, 2.75) is 32.2 Å². The maximum absolute atomic E-state index is 5.73. The topological polar surface area (TPSA) is 58.8 Å². The molecule has 0 spiro atoms. The van der Waals surface area contributed by atoms with Crippen molar-refractivity contribution < 1.29 is 9.15 Å². The Bertz CT molecular complexity index is 658. The fourth-order valence-electron chi connectivity index (χ4n) is 2.79. The van der Waals surface area contributed by atoms with Crippen LogP contribution in [0.2, 0.25) is 0 Å². The molecule has 0 fully saturated rings. The van der Waals surface area contributed by atoms with Crippen LogP contribution in [0, 0.1) is 0 Å². The van der Waals surface area contributed by atoms with Crippen molar-refractivity contribution in [3.8, 4) is 5.75 Å². The molecule has 3 rings (SSSR count). The minimum atomic E-state index is 0. The molecule has 0 aliphatic carbocycles. The second-order valence-electron chi connectivity index (χ2n) is 5.86. The Morgan fingerprint density at radius 1 is 1.24 bits per heavy atom. The van der Waals surface area contributed by atoms with Gasteiger partial charge >= 0.3 is 0 Å². The van der Waals surface area contributed by atoms with Crippen molar-refractivity contribution in [1.82, 2.24) is 10.6 Å². The van der Waals surface area contributed by atoms with E-state index in [1.165, 1.54) is 5.56 Å². The summed E-state index contributed by atoms with van der Waals surface area (Å²) in [5, 5.41) is 6.96. The second-order valence-corrected chi connectivity index (χ2v) is 5.86. The van der Waals surface area contributed by atoms with Crippen molar-refractivity contribution in [2.75, 3.05) is 19.7 Å². The van der Waals surface area contributed by atoms with Gasteiger partial charge < -0.3 is 19.8 Å². The Hall–Kier alpha value is -1.70. The Kier molecular flexibility index (Phi) is 8.11. The molecular weight excluding hydrogens is 429 g/mol. The molecule has 25 heavy (non-hydrogen) atoms. The zero-order valence-corrected chi connectivity index (χ0v) is 16.9. The summed E-state index contributed by atoms with van der Waals surface area (Å²) >= 11 is 0. The molecule has 136 valence electrons. The standard InChI is InChI=1S/C19H25N3O2.HI/c1-2-11-20-19(21-12-9-15-6-5-13-23-15)22-17-10-14-24-18-8-4-3-7-16(17)18;/h3-8,13,17H,2,9-12,14H2,1H3,(H2,20,21,22);1H. The molecule has 6 heteroatoms. The predicted octanol–water partition coefficient (Wildman–Crippen LogP) is 3.91. The number of hydrogen-bond donors (Lipinski definition) is 2. The van der Waals surface area contributed by atoms with Gasteiger partial charge in [0.1, 0.15) is 11.5 Å². The summed E-state index contributed by atoms with van der Waals surface area (Å²) in [4.78, 5) is 4.65. The molecule has 2 heterocycles. The van der Waals surface area contributed by atoms with E-state index in [-0.39, 0.29) is 30.0 Å². The van der Waals surface area contributed by atoms with Crippen LogP contribution in [-0.2, 0) is 6.42 Å². The zero-order chi connectivity index (χ0) is 16.6. The lowest BCUT2D eigenvalue weighted by Crippen LogP contribution is -2.42. The highest BCUT2D eigenvalue weighted by atomic mass is 127. The van der Waals surface area contributed by atoms with E-state index < -0.39 is 0 Å². The highest BCUT2D eigenvalue weighted by Crippen LogP contribution is 2.31. The molecule has 2 N–H and O–H groups in total. The molecule has 0 amide bonds. The van der Waals surface area contributed by atoms with Crippen LogP contribution >= 0.6 is 24.0 Å². The van der Waals surface area contributed by atoms with Crippen LogP contribution in [0.4, 0.5) is 0 Å². The molecular formula is C19H26IN3O2. The van der Waals surface area contributed by atoms with E-state index in [9.17, 15) is 0 Å². The van der Waals surface area contributed by atoms with Gasteiger partial charge in [-0.3, -0.25) is 4.99 Å². The van der Waals surface area contributed by atoms with Crippen LogP contribution in [0.15, 0.2) is 52.1 Å². The third kappa shape index (κ3) is 5.66. The molecule has 5 nitrogen and oxygen atoms in total. The monoisotopic (exact) mass is 455 g/mol. The van der Waals surface area contributed by atoms with Crippen molar-refractivity contribution in [3.05, 3.63) is 54.0 Å². The van der Waals surface area contributed by atoms with Gasteiger partial charge in [-0.05, 0) is 24.6 Å². The summed E-state index contributed by atoms with van der Waals surface area (Å²) in [5.74, 6) is 2.80. The van der Waals surface area contributed by atoms with E-state index in [0.29, 0.717) is 0 Å². The van der Waals surface area contributed by atoms with Crippen LogP contribution in [-0.4, -0.2) is 25.7 Å². The van der Waals surface area contributed by atoms with E-state index in [1.807, 2.05) is 24.3 Å². The van der Waals surface area contributed by atoms with Gasteiger partial charge in [0.2, 0.25) is 0 Å². The van der Waals surface area contributed by atoms with Gasteiger partial charge in [0, 0.05) is 31.5 Å². The zero-order valence-electron chi connectivity index (χ0n) is 14.5. The number of fused-ring (bicyclic) bond motifs is 1. The molecule has 0 saturated carbocycles. The van der Waals surface area contributed by atoms with Crippen LogP contribution < -0.4 is 15.4 Å². The Labute approximate surface area is 166 Å². The Balaban J connectivity index is 0.00000225. The van der Waals surface area contributed by atoms with Crippen molar-refractivity contribution in [2.24, 2.45) is 4.99 Å². The number of furan rings is 1. The number of nitrogens with zero attached hydrogens (tertiary/aromatic N) is 1. The average Bonchev–Trinajstić information content (AvgIpc) is 3.13. The smallest absolute Gasteiger partial charge is 0.191 e. The number of ether oxygens (including phenoxy) is 1. The third-order valence-electron chi connectivity index (χ3n) is 4.01. The number of para-hydroxylation sites is 1. The van der Waals surface area contributed by atoms with Crippen molar-refractivity contribution in [1.29, 1.82) is 0 Å². The lowest BCUT2D eigenvalue weighted by molar-refractivity contribution is 0.261. The maximum atomic E-state index is 5.73. The lowest BCUT2D eigenvalue weighted by atomic mass is 10.0. The Morgan fingerprint density at radius 2 is 2.12 bits per heavy atom. The van der Waals surface area contributed by atoms with Gasteiger partial charge in [0.05, 0.1) is 18.9 Å². The summed E-state index contributed by atoms with van der Waals surface area (Å²) in [5.41, 5.74) is 1.20. The van der Waals surface area contributed by atoms with Gasteiger partial charge in [-0.25, -0.2) is 0 Å². The van der Waals surface area contributed by atoms with Crippen molar-refractivity contribution in [3.63, 3.8) is 0 Å². The van der Waals surface area contributed by atoms with Gasteiger partial charge in [0.15, 0.2) is 5.96 Å². The molecule has 1 aromatic carbocycles. The SMILES string of the molecule is CCCN=C(NCCc1ccco1)NC1CCOc2ccccc21.I. The van der Waals surface area contributed by atoms with E-state index in [4.69, 9.17) is 9.15 Å². The molecule has 2 aromatic rings. The molecule has 1 aliphatic heterocycles. The first-order valence-electron chi connectivity index (χ1n) is 8.65. The molecule has 1 atom stereocenters. The minimum Gasteiger partial charge on any atom is -0.493 e. The van der Waals surface area contributed by atoms with Gasteiger partial charge in [-0.15, -0.1) is 24.0 Å². The molecule has 1 aliphatic rings. The average molecular weight is 455 g/mol.